The lowest BCUT2D eigenvalue weighted by Gasteiger charge is -2.11. The van der Waals surface area contributed by atoms with E-state index in [0.717, 1.165) is 26.7 Å². The van der Waals surface area contributed by atoms with Crippen molar-refractivity contribution < 1.29 is 14.3 Å². The lowest BCUT2D eigenvalue weighted by molar-refractivity contribution is -0.140. The minimum atomic E-state index is -0.216. The molecule has 5 heteroatoms. The molecule has 0 fully saturated rings. The fourth-order valence-electron chi connectivity index (χ4n) is 1.95. The number of halogens is 1. The molecule has 0 amide bonds. The number of methoxy groups -OCH3 is 1. The number of benzene rings is 1. The predicted molar refractivity (Wildman–Crippen MR) is 80.9 cm³/mol. The number of pyridine rings is 1. The van der Waals surface area contributed by atoms with Gasteiger partial charge in [0.05, 0.1) is 23.7 Å². The molecule has 0 aliphatic heterocycles. The summed E-state index contributed by atoms with van der Waals surface area (Å²) >= 11 is 3.57. The van der Waals surface area contributed by atoms with Crippen LogP contribution < -0.4 is 4.74 Å². The van der Waals surface area contributed by atoms with Gasteiger partial charge in [-0.25, -0.2) is 0 Å². The van der Waals surface area contributed by atoms with Crippen LogP contribution in [0.4, 0.5) is 0 Å². The van der Waals surface area contributed by atoms with Gasteiger partial charge in [-0.15, -0.1) is 0 Å². The van der Waals surface area contributed by atoms with E-state index in [9.17, 15) is 4.79 Å². The average Bonchev–Trinajstić information content (AvgIpc) is 2.45. The average molecular weight is 338 g/mol. The number of hydrogen-bond acceptors (Lipinski definition) is 4. The van der Waals surface area contributed by atoms with E-state index in [1.54, 1.807) is 6.20 Å². The summed E-state index contributed by atoms with van der Waals surface area (Å²) in [6, 6.07) is 5.79. The Bertz CT molecular complexity index is 628. The van der Waals surface area contributed by atoms with Gasteiger partial charge < -0.3 is 9.47 Å². The van der Waals surface area contributed by atoms with Crippen molar-refractivity contribution in [3.8, 4) is 5.75 Å². The van der Waals surface area contributed by atoms with Crippen molar-refractivity contribution in [2.45, 2.75) is 19.8 Å². The second kappa shape index (κ2) is 6.70. The lowest BCUT2D eigenvalue weighted by atomic mass is 10.1. The SMILES string of the molecule is COC(=O)CCCOc1ccc2nccc(C)c2c1Br. The molecular formula is C15H16BrNO3. The molecule has 0 bridgehead atoms. The molecule has 1 heterocycles. The van der Waals surface area contributed by atoms with Gasteiger partial charge in [0.2, 0.25) is 0 Å². The van der Waals surface area contributed by atoms with Gasteiger partial charge in [0, 0.05) is 18.0 Å². The molecule has 0 spiro atoms. The maximum absolute atomic E-state index is 11.0. The fraction of sp³-hybridized carbons (Fsp3) is 0.333. The van der Waals surface area contributed by atoms with E-state index >= 15 is 0 Å². The molecule has 20 heavy (non-hydrogen) atoms. The number of esters is 1. The molecule has 0 radical (unpaired) electrons. The first-order valence-corrected chi connectivity index (χ1v) is 7.16. The third-order valence-electron chi connectivity index (χ3n) is 3.03. The smallest absolute Gasteiger partial charge is 0.305 e. The van der Waals surface area contributed by atoms with Crippen LogP contribution in [-0.2, 0) is 9.53 Å². The highest BCUT2D eigenvalue weighted by atomic mass is 79.9. The maximum Gasteiger partial charge on any atom is 0.305 e. The molecule has 0 atom stereocenters. The Morgan fingerprint density at radius 3 is 2.90 bits per heavy atom. The molecule has 0 saturated heterocycles. The Labute approximate surface area is 126 Å². The number of nitrogens with zero attached hydrogens (tertiary/aromatic N) is 1. The molecule has 0 saturated carbocycles. The summed E-state index contributed by atoms with van der Waals surface area (Å²) in [6.45, 7) is 2.51. The van der Waals surface area contributed by atoms with E-state index in [1.807, 2.05) is 25.1 Å². The number of aromatic nitrogens is 1. The van der Waals surface area contributed by atoms with Crippen LogP contribution in [0.15, 0.2) is 28.9 Å². The molecule has 0 aliphatic rings. The summed E-state index contributed by atoms with van der Waals surface area (Å²) in [6.07, 6.45) is 2.78. The second-order valence-corrected chi connectivity index (χ2v) is 5.22. The van der Waals surface area contributed by atoms with Crippen LogP contribution in [0.1, 0.15) is 18.4 Å². The fourth-order valence-corrected chi connectivity index (χ4v) is 2.72. The Hall–Kier alpha value is -1.62. The number of rotatable bonds is 5. The molecule has 1 aromatic heterocycles. The van der Waals surface area contributed by atoms with Crippen molar-refractivity contribution in [3.63, 3.8) is 0 Å². The van der Waals surface area contributed by atoms with E-state index in [-0.39, 0.29) is 5.97 Å². The summed E-state index contributed by atoms with van der Waals surface area (Å²) < 4.78 is 11.2. The minimum Gasteiger partial charge on any atom is -0.492 e. The van der Waals surface area contributed by atoms with Crippen LogP contribution in [0.5, 0.6) is 5.75 Å². The predicted octanol–water partition coefficient (Wildman–Crippen LogP) is 3.64. The van der Waals surface area contributed by atoms with Gasteiger partial charge in [-0.1, -0.05) is 0 Å². The summed E-state index contributed by atoms with van der Waals surface area (Å²) in [5.41, 5.74) is 2.07. The van der Waals surface area contributed by atoms with E-state index in [1.165, 1.54) is 7.11 Å². The monoisotopic (exact) mass is 337 g/mol. The summed E-state index contributed by atoms with van der Waals surface area (Å²) in [4.78, 5) is 15.3. The minimum absolute atomic E-state index is 0.216. The van der Waals surface area contributed by atoms with Crippen molar-refractivity contribution in [2.24, 2.45) is 0 Å². The number of carbonyl (C=O) groups is 1. The largest absolute Gasteiger partial charge is 0.492 e. The van der Waals surface area contributed by atoms with Gasteiger partial charge in [0.25, 0.3) is 0 Å². The van der Waals surface area contributed by atoms with Crippen molar-refractivity contribution >= 4 is 32.8 Å². The van der Waals surface area contributed by atoms with E-state index in [0.29, 0.717) is 19.4 Å². The molecule has 1 aromatic carbocycles. The first-order chi connectivity index (χ1) is 9.63. The van der Waals surface area contributed by atoms with Gasteiger partial charge in [-0.05, 0) is 53.0 Å². The summed E-state index contributed by atoms with van der Waals surface area (Å²) in [5, 5.41) is 1.05. The van der Waals surface area contributed by atoms with Crippen LogP contribution in [0.3, 0.4) is 0 Å². The van der Waals surface area contributed by atoms with Gasteiger partial charge in [-0.3, -0.25) is 9.78 Å². The topological polar surface area (TPSA) is 48.4 Å². The Morgan fingerprint density at radius 1 is 1.35 bits per heavy atom. The Morgan fingerprint density at radius 2 is 2.15 bits per heavy atom. The summed E-state index contributed by atoms with van der Waals surface area (Å²) in [7, 11) is 1.39. The van der Waals surface area contributed by atoms with Gasteiger partial charge in [0.15, 0.2) is 0 Å². The number of ether oxygens (including phenoxy) is 2. The number of fused-ring (bicyclic) bond motifs is 1. The second-order valence-electron chi connectivity index (χ2n) is 4.43. The van der Waals surface area contributed by atoms with Crippen molar-refractivity contribution in [2.75, 3.05) is 13.7 Å². The molecule has 2 rings (SSSR count). The lowest BCUT2D eigenvalue weighted by Crippen LogP contribution is -2.05. The molecule has 0 N–H and O–H groups in total. The highest BCUT2D eigenvalue weighted by Gasteiger charge is 2.09. The third-order valence-corrected chi connectivity index (χ3v) is 3.81. The van der Waals surface area contributed by atoms with Crippen LogP contribution in [0.25, 0.3) is 10.9 Å². The molecule has 106 valence electrons. The first-order valence-electron chi connectivity index (χ1n) is 6.37. The third kappa shape index (κ3) is 3.28. The van der Waals surface area contributed by atoms with Gasteiger partial charge >= 0.3 is 5.97 Å². The number of hydrogen-bond donors (Lipinski definition) is 0. The number of aryl methyl sites for hydroxylation is 1. The van der Waals surface area contributed by atoms with Crippen molar-refractivity contribution in [3.05, 3.63) is 34.4 Å². The summed E-state index contributed by atoms with van der Waals surface area (Å²) in [5.74, 6) is 0.546. The normalized spacial score (nSPS) is 10.6. The first kappa shape index (κ1) is 14.8. The van der Waals surface area contributed by atoms with Crippen LogP contribution in [-0.4, -0.2) is 24.7 Å². The molecule has 4 nitrogen and oxygen atoms in total. The van der Waals surface area contributed by atoms with E-state index in [2.05, 4.69) is 25.7 Å². The van der Waals surface area contributed by atoms with E-state index in [4.69, 9.17) is 4.74 Å². The molecule has 0 unspecified atom stereocenters. The zero-order chi connectivity index (χ0) is 14.5. The molecular weight excluding hydrogens is 322 g/mol. The van der Waals surface area contributed by atoms with Crippen LogP contribution in [0, 0.1) is 6.92 Å². The molecule has 0 aliphatic carbocycles. The van der Waals surface area contributed by atoms with Crippen LogP contribution >= 0.6 is 15.9 Å². The van der Waals surface area contributed by atoms with Gasteiger partial charge in [0.1, 0.15) is 5.75 Å². The zero-order valence-corrected chi connectivity index (χ0v) is 13.1. The maximum atomic E-state index is 11.0. The Kier molecular flexibility index (Phi) is 4.95. The number of carbonyl (C=O) groups excluding carboxylic acids is 1. The Balaban J connectivity index is 2.09. The zero-order valence-electron chi connectivity index (χ0n) is 11.5. The molecule has 2 aromatic rings. The van der Waals surface area contributed by atoms with Crippen molar-refractivity contribution in [1.82, 2.24) is 4.98 Å². The highest BCUT2D eigenvalue weighted by Crippen LogP contribution is 2.34. The quantitative estimate of drug-likeness (QED) is 0.617. The van der Waals surface area contributed by atoms with Gasteiger partial charge in [-0.2, -0.15) is 0 Å². The standard InChI is InChI=1S/C15H16BrNO3/c1-10-7-8-17-11-5-6-12(15(16)14(10)11)20-9-3-4-13(18)19-2/h5-8H,3-4,9H2,1-2H3. The van der Waals surface area contributed by atoms with Crippen molar-refractivity contribution in [1.29, 1.82) is 0 Å². The van der Waals surface area contributed by atoms with E-state index < -0.39 is 0 Å². The highest BCUT2D eigenvalue weighted by molar-refractivity contribution is 9.10. The van der Waals surface area contributed by atoms with Crippen LogP contribution in [0.2, 0.25) is 0 Å².